The molecule has 6 nitrogen and oxygen atoms in total. The molecule has 0 unspecified atom stereocenters. The highest BCUT2D eigenvalue weighted by molar-refractivity contribution is 7.99. The van der Waals surface area contributed by atoms with Gasteiger partial charge in [0, 0.05) is 29.2 Å². The molecule has 24 heavy (non-hydrogen) atoms. The molecule has 0 aliphatic heterocycles. The van der Waals surface area contributed by atoms with Crippen LogP contribution in [0, 0.1) is 0 Å². The summed E-state index contributed by atoms with van der Waals surface area (Å²) in [5.41, 5.74) is 0.999. The summed E-state index contributed by atoms with van der Waals surface area (Å²) in [6, 6.07) is 12.4. The fourth-order valence-corrected chi connectivity index (χ4v) is 2.65. The number of carbonyl (C=O) groups excluding carboxylic acids is 1. The standard InChI is InChI=1S/C17H14N4O2S/c1-23-13-5-3-12(4-6-13)21-16(22)15-11-14(7-10-18-15)24-17-19-8-2-9-20-17/h2-11H,1H3,(H,21,22). The van der Waals surface area contributed by atoms with E-state index in [-0.39, 0.29) is 5.91 Å². The van der Waals surface area contributed by atoms with Crippen LogP contribution in [-0.4, -0.2) is 28.0 Å². The van der Waals surface area contributed by atoms with E-state index < -0.39 is 0 Å². The summed E-state index contributed by atoms with van der Waals surface area (Å²) in [4.78, 5) is 25.6. The Morgan fingerprint density at radius 3 is 2.50 bits per heavy atom. The number of aromatic nitrogens is 3. The lowest BCUT2D eigenvalue weighted by atomic mass is 10.3. The number of nitrogens with one attached hydrogen (secondary N) is 1. The second kappa shape index (κ2) is 7.56. The van der Waals surface area contributed by atoms with Gasteiger partial charge in [-0.1, -0.05) is 0 Å². The molecule has 0 aliphatic carbocycles. The molecule has 1 N–H and O–H groups in total. The van der Waals surface area contributed by atoms with Gasteiger partial charge in [-0.15, -0.1) is 0 Å². The molecule has 0 radical (unpaired) electrons. The van der Waals surface area contributed by atoms with Crippen molar-refractivity contribution < 1.29 is 9.53 Å². The van der Waals surface area contributed by atoms with Gasteiger partial charge in [-0.3, -0.25) is 9.78 Å². The van der Waals surface area contributed by atoms with E-state index in [2.05, 4.69) is 20.3 Å². The number of benzene rings is 1. The molecule has 0 saturated heterocycles. The van der Waals surface area contributed by atoms with Gasteiger partial charge in [-0.25, -0.2) is 9.97 Å². The minimum absolute atomic E-state index is 0.281. The zero-order valence-corrected chi connectivity index (χ0v) is 13.7. The lowest BCUT2D eigenvalue weighted by Crippen LogP contribution is -2.13. The summed E-state index contributed by atoms with van der Waals surface area (Å²) in [6.07, 6.45) is 4.94. The first-order valence-electron chi connectivity index (χ1n) is 7.11. The third-order valence-corrected chi connectivity index (χ3v) is 3.95. The predicted molar refractivity (Wildman–Crippen MR) is 91.3 cm³/mol. The van der Waals surface area contributed by atoms with Gasteiger partial charge >= 0.3 is 0 Å². The lowest BCUT2D eigenvalue weighted by molar-refractivity contribution is 0.102. The Morgan fingerprint density at radius 2 is 1.79 bits per heavy atom. The molecule has 0 bridgehead atoms. The second-order valence-electron chi connectivity index (χ2n) is 4.69. The molecule has 120 valence electrons. The number of carbonyl (C=O) groups is 1. The number of nitrogens with zero attached hydrogens (tertiary/aromatic N) is 3. The Morgan fingerprint density at radius 1 is 1.04 bits per heavy atom. The second-order valence-corrected chi connectivity index (χ2v) is 5.73. The Hall–Kier alpha value is -2.93. The Bertz CT molecular complexity index is 826. The van der Waals surface area contributed by atoms with E-state index in [9.17, 15) is 4.79 Å². The van der Waals surface area contributed by atoms with Gasteiger partial charge in [-0.05, 0) is 54.2 Å². The normalized spacial score (nSPS) is 10.2. The predicted octanol–water partition coefficient (Wildman–Crippen LogP) is 3.28. The minimum atomic E-state index is -0.281. The summed E-state index contributed by atoms with van der Waals surface area (Å²) in [5.74, 6) is 0.448. The van der Waals surface area contributed by atoms with Crippen LogP contribution in [0.2, 0.25) is 0 Å². The van der Waals surface area contributed by atoms with Crippen LogP contribution in [0.3, 0.4) is 0 Å². The molecule has 1 aromatic carbocycles. The number of methoxy groups -OCH3 is 1. The van der Waals surface area contributed by atoms with Gasteiger partial charge in [0.1, 0.15) is 11.4 Å². The fraction of sp³-hybridized carbons (Fsp3) is 0.0588. The summed E-state index contributed by atoms with van der Waals surface area (Å²) in [5, 5.41) is 3.42. The average Bonchev–Trinajstić information content (AvgIpc) is 2.63. The highest BCUT2D eigenvalue weighted by Gasteiger charge is 2.10. The van der Waals surface area contributed by atoms with Crippen molar-refractivity contribution in [3.05, 3.63) is 66.7 Å². The van der Waals surface area contributed by atoms with Crippen molar-refractivity contribution in [2.24, 2.45) is 0 Å². The monoisotopic (exact) mass is 338 g/mol. The number of rotatable bonds is 5. The lowest BCUT2D eigenvalue weighted by Gasteiger charge is -2.07. The SMILES string of the molecule is COc1ccc(NC(=O)c2cc(Sc3ncccn3)ccn2)cc1. The number of amides is 1. The maximum atomic E-state index is 12.3. The largest absolute Gasteiger partial charge is 0.497 e. The molecular formula is C17H14N4O2S. The molecule has 0 fully saturated rings. The molecule has 0 aliphatic rings. The summed E-state index contributed by atoms with van der Waals surface area (Å²) < 4.78 is 5.09. The average molecular weight is 338 g/mol. The molecule has 3 rings (SSSR count). The van der Waals surface area contributed by atoms with Gasteiger partial charge in [0.05, 0.1) is 7.11 Å². The smallest absolute Gasteiger partial charge is 0.274 e. The summed E-state index contributed by atoms with van der Waals surface area (Å²) in [7, 11) is 1.59. The first-order chi connectivity index (χ1) is 11.7. The number of hydrogen-bond donors (Lipinski definition) is 1. The first kappa shape index (κ1) is 15.9. The summed E-state index contributed by atoms with van der Waals surface area (Å²) in [6.45, 7) is 0. The van der Waals surface area contributed by atoms with Crippen molar-refractivity contribution in [3.63, 3.8) is 0 Å². The van der Waals surface area contributed by atoms with Crippen molar-refractivity contribution in [3.8, 4) is 5.75 Å². The molecule has 2 aromatic heterocycles. The zero-order valence-electron chi connectivity index (χ0n) is 12.8. The van der Waals surface area contributed by atoms with Crippen LogP contribution >= 0.6 is 11.8 Å². The minimum Gasteiger partial charge on any atom is -0.497 e. The van der Waals surface area contributed by atoms with Gasteiger partial charge in [0.15, 0.2) is 5.16 Å². The number of ether oxygens (including phenoxy) is 1. The van der Waals surface area contributed by atoms with E-state index >= 15 is 0 Å². The van der Waals surface area contributed by atoms with Crippen LogP contribution in [0.25, 0.3) is 0 Å². The highest BCUT2D eigenvalue weighted by Crippen LogP contribution is 2.24. The molecule has 0 saturated carbocycles. The van der Waals surface area contributed by atoms with Crippen molar-refractivity contribution in [2.75, 3.05) is 12.4 Å². The van der Waals surface area contributed by atoms with Crippen molar-refractivity contribution in [1.29, 1.82) is 0 Å². The Labute approximate surface area is 143 Å². The van der Waals surface area contributed by atoms with Crippen LogP contribution in [0.5, 0.6) is 5.75 Å². The first-order valence-corrected chi connectivity index (χ1v) is 7.92. The van der Waals surface area contributed by atoms with Crippen LogP contribution in [-0.2, 0) is 0 Å². The third-order valence-electron chi connectivity index (χ3n) is 3.06. The van der Waals surface area contributed by atoms with Crippen molar-refractivity contribution >= 4 is 23.4 Å². The van der Waals surface area contributed by atoms with Gasteiger partial charge in [0.2, 0.25) is 0 Å². The number of hydrogen-bond acceptors (Lipinski definition) is 6. The van der Waals surface area contributed by atoms with E-state index in [4.69, 9.17) is 4.74 Å². The van der Waals surface area contributed by atoms with E-state index in [1.807, 2.05) is 6.07 Å². The summed E-state index contributed by atoms with van der Waals surface area (Å²) >= 11 is 1.37. The molecule has 0 spiro atoms. The van der Waals surface area contributed by atoms with Crippen LogP contribution in [0.15, 0.2) is 71.1 Å². The zero-order chi connectivity index (χ0) is 16.8. The molecule has 3 aromatic rings. The van der Waals surface area contributed by atoms with E-state index in [0.717, 1.165) is 10.6 Å². The Kier molecular flexibility index (Phi) is 5.02. The van der Waals surface area contributed by atoms with E-state index in [1.54, 1.807) is 62.1 Å². The quantitative estimate of drug-likeness (QED) is 0.719. The fourth-order valence-electron chi connectivity index (χ4n) is 1.91. The van der Waals surface area contributed by atoms with Gasteiger partial charge < -0.3 is 10.1 Å². The van der Waals surface area contributed by atoms with Crippen LogP contribution < -0.4 is 10.1 Å². The molecular weight excluding hydrogens is 324 g/mol. The third kappa shape index (κ3) is 4.08. The highest BCUT2D eigenvalue weighted by atomic mass is 32.2. The molecule has 2 heterocycles. The van der Waals surface area contributed by atoms with Crippen LogP contribution in [0.4, 0.5) is 5.69 Å². The molecule has 7 heteroatoms. The maximum Gasteiger partial charge on any atom is 0.274 e. The molecule has 1 amide bonds. The van der Waals surface area contributed by atoms with Gasteiger partial charge in [0.25, 0.3) is 5.91 Å². The molecule has 0 atom stereocenters. The van der Waals surface area contributed by atoms with Crippen molar-refractivity contribution in [2.45, 2.75) is 10.1 Å². The maximum absolute atomic E-state index is 12.3. The topological polar surface area (TPSA) is 77.0 Å². The van der Waals surface area contributed by atoms with E-state index in [1.165, 1.54) is 11.8 Å². The van der Waals surface area contributed by atoms with Crippen LogP contribution in [0.1, 0.15) is 10.5 Å². The number of anilines is 1. The Balaban J connectivity index is 1.71. The van der Waals surface area contributed by atoms with Gasteiger partial charge in [-0.2, -0.15) is 0 Å². The van der Waals surface area contributed by atoms with E-state index in [0.29, 0.717) is 16.5 Å². The number of pyridine rings is 1. The van der Waals surface area contributed by atoms with Crippen molar-refractivity contribution in [1.82, 2.24) is 15.0 Å².